The molecule has 0 radical (unpaired) electrons. The number of nitrogens with one attached hydrogen (secondary N) is 1. The molecule has 0 aliphatic heterocycles. The second-order valence-corrected chi connectivity index (χ2v) is 4.90. The Morgan fingerprint density at radius 1 is 1.62 bits per heavy atom. The summed E-state index contributed by atoms with van der Waals surface area (Å²) >= 11 is 0. The van der Waals surface area contributed by atoms with E-state index < -0.39 is 22.7 Å². The fourth-order valence-corrected chi connectivity index (χ4v) is 1.69. The quantitative estimate of drug-likeness (QED) is 0.776. The van der Waals surface area contributed by atoms with Gasteiger partial charge in [-0.05, 0) is 12.1 Å². The molecule has 0 saturated carbocycles. The summed E-state index contributed by atoms with van der Waals surface area (Å²) in [5.41, 5.74) is -0.0928. The summed E-state index contributed by atoms with van der Waals surface area (Å²) in [4.78, 5) is 14.8. The highest BCUT2D eigenvalue weighted by atomic mass is 32.2. The molecule has 1 rings (SSSR count). The van der Waals surface area contributed by atoms with Gasteiger partial charge in [0.1, 0.15) is 0 Å². The van der Waals surface area contributed by atoms with E-state index in [-0.39, 0.29) is 12.1 Å². The topological polar surface area (TPSA) is 59.1 Å². The van der Waals surface area contributed by atoms with Gasteiger partial charge in [-0.25, -0.2) is 4.98 Å². The Morgan fingerprint density at radius 3 is 3.00 bits per heavy atom. The van der Waals surface area contributed by atoms with Crippen LogP contribution in [0.4, 0.5) is 4.39 Å². The summed E-state index contributed by atoms with van der Waals surface area (Å²) in [6, 6.07) is 2.84. The van der Waals surface area contributed by atoms with Gasteiger partial charge in [0, 0.05) is 35.0 Å². The number of amides is 1. The zero-order chi connectivity index (χ0) is 12.0. The van der Waals surface area contributed by atoms with E-state index >= 15 is 0 Å². The Balaban J connectivity index is 2.47. The van der Waals surface area contributed by atoms with Crippen LogP contribution in [0.2, 0.25) is 0 Å². The number of rotatable bonds is 5. The van der Waals surface area contributed by atoms with Crippen molar-refractivity contribution in [1.29, 1.82) is 0 Å². The monoisotopic (exact) mass is 244 g/mol. The van der Waals surface area contributed by atoms with Crippen molar-refractivity contribution in [3.05, 3.63) is 29.8 Å². The Bertz CT molecular complexity index is 398. The highest BCUT2D eigenvalue weighted by Gasteiger charge is 2.11. The molecule has 1 atom stereocenters. The van der Waals surface area contributed by atoms with Crippen LogP contribution in [0.5, 0.6) is 0 Å². The lowest BCUT2D eigenvalue weighted by atomic mass is 10.2. The third-order valence-electron chi connectivity index (χ3n) is 1.94. The molecule has 1 aromatic heterocycles. The van der Waals surface area contributed by atoms with Crippen LogP contribution in [0.1, 0.15) is 17.3 Å². The maximum Gasteiger partial charge on any atom is 0.255 e. The predicted molar refractivity (Wildman–Crippen MR) is 60.1 cm³/mol. The van der Waals surface area contributed by atoms with Crippen molar-refractivity contribution in [2.45, 2.75) is 6.92 Å². The van der Waals surface area contributed by atoms with Crippen LogP contribution in [0.25, 0.3) is 0 Å². The molecule has 6 heteroatoms. The second-order valence-electron chi connectivity index (χ2n) is 3.03. The lowest BCUT2D eigenvalue weighted by Crippen LogP contribution is -2.28. The molecule has 0 spiro atoms. The number of carbonyl (C=O) groups excluding carboxylic acids is 1. The normalized spacial score (nSPS) is 12.1. The van der Waals surface area contributed by atoms with Gasteiger partial charge in [-0.15, -0.1) is 0 Å². The molecule has 1 amide bonds. The molecular weight excluding hydrogens is 231 g/mol. The van der Waals surface area contributed by atoms with Crippen molar-refractivity contribution < 1.29 is 13.4 Å². The first-order valence-electron chi connectivity index (χ1n) is 4.88. The van der Waals surface area contributed by atoms with Crippen LogP contribution in [-0.2, 0) is 10.8 Å². The zero-order valence-electron chi connectivity index (χ0n) is 8.90. The van der Waals surface area contributed by atoms with E-state index in [1.807, 2.05) is 0 Å². The highest BCUT2D eigenvalue weighted by molar-refractivity contribution is 7.84. The molecule has 0 bridgehead atoms. The lowest BCUT2D eigenvalue weighted by molar-refractivity contribution is 0.0951. The minimum absolute atomic E-state index is 0.0928. The van der Waals surface area contributed by atoms with Crippen LogP contribution < -0.4 is 5.32 Å². The second kappa shape index (κ2) is 6.32. The van der Waals surface area contributed by atoms with Crippen LogP contribution in [-0.4, -0.2) is 33.2 Å². The smallest absolute Gasteiger partial charge is 0.255 e. The largest absolute Gasteiger partial charge is 0.351 e. The minimum Gasteiger partial charge on any atom is -0.351 e. The lowest BCUT2D eigenvalue weighted by Gasteiger charge is -2.04. The molecular formula is C10H13FN2O2S. The number of hydrogen-bond acceptors (Lipinski definition) is 3. The third-order valence-corrected chi connectivity index (χ3v) is 3.24. The number of hydrogen-bond donors (Lipinski definition) is 1. The predicted octanol–water partition coefficient (Wildman–Crippen LogP) is 0.719. The van der Waals surface area contributed by atoms with E-state index in [9.17, 15) is 13.4 Å². The molecule has 0 aromatic carbocycles. The maximum absolute atomic E-state index is 13.1. The Hall–Kier alpha value is -1.30. The molecule has 0 aliphatic rings. The standard InChI is InChI=1S/C10H13FN2O2S/c1-2-16(15)7-6-13-10(14)8-4-3-5-12-9(8)11/h3-5H,2,6-7H2,1H3,(H,13,14). The van der Waals surface area contributed by atoms with Crippen LogP contribution >= 0.6 is 0 Å². The molecule has 1 unspecified atom stereocenters. The third kappa shape index (κ3) is 3.69. The van der Waals surface area contributed by atoms with Crippen LogP contribution in [0.15, 0.2) is 18.3 Å². The molecule has 1 heterocycles. The van der Waals surface area contributed by atoms with Crippen molar-refractivity contribution >= 4 is 16.7 Å². The van der Waals surface area contributed by atoms with Crippen molar-refractivity contribution in [3.8, 4) is 0 Å². The molecule has 88 valence electrons. The van der Waals surface area contributed by atoms with Gasteiger partial charge in [-0.1, -0.05) is 6.92 Å². The van der Waals surface area contributed by atoms with Gasteiger partial charge in [-0.3, -0.25) is 9.00 Å². The molecule has 4 nitrogen and oxygen atoms in total. The van der Waals surface area contributed by atoms with Gasteiger partial charge in [0.25, 0.3) is 5.91 Å². The van der Waals surface area contributed by atoms with E-state index in [0.717, 1.165) is 0 Å². The van der Waals surface area contributed by atoms with E-state index in [1.54, 1.807) is 6.92 Å². The summed E-state index contributed by atoms with van der Waals surface area (Å²) in [7, 11) is -0.929. The van der Waals surface area contributed by atoms with Gasteiger partial charge in [0.15, 0.2) is 0 Å². The van der Waals surface area contributed by atoms with Crippen molar-refractivity contribution in [2.24, 2.45) is 0 Å². The average molecular weight is 244 g/mol. The first kappa shape index (κ1) is 12.8. The van der Waals surface area contributed by atoms with Crippen molar-refractivity contribution in [1.82, 2.24) is 10.3 Å². The minimum atomic E-state index is -0.929. The fraction of sp³-hybridized carbons (Fsp3) is 0.400. The molecule has 16 heavy (non-hydrogen) atoms. The Labute approximate surface area is 95.7 Å². The average Bonchev–Trinajstić information content (AvgIpc) is 2.29. The summed E-state index contributed by atoms with van der Waals surface area (Å²) in [5.74, 6) is -0.392. The van der Waals surface area contributed by atoms with Gasteiger partial charge in [-0.2, -0.15) is 4.39 Å². The number of halogens is 1. The summed E-state index contributed by atoms with van der Waals surface area (Å²) in [6.07, 6.45) is 1.28. The Morgan fingerprint density at radius 2 is 2.38 bits per heavy atom. The van der Waals surface area contributed by atoms with Crippen molar-refractivity contribution in [3.63, 3.8) is 0 Å². The number of aromatic nitrogens is 1. The van der Waals surface area contributed by atoms with Crippen molar-refractivity contribution in [2.75, 3.05) is 18.1 Å². The van der Waals surface area contributed by atoms with E-state index in [2.05, 4.69) is 10.3 Å². The number of pyridine rings is 1. The highest BCUT2D eigenvalue weighted by Crippen LogP contribution is 2.02. The first-order chi connectivity index (χ1) is 7.65. The Kier molecular flexibility index (Phi) is 5.04. The molecule has 1 N–H and O–H groups in total. The van der Waals surface area contributed by atoms with Crippen LogP contribution in [0.3, 0.4) is 0 Å². The van der Waals surface area contributed by atoms with Gasteiger partial charge >= 0.3 is 0 Å². The van der Waals surface area contributed by atoms with Gasteiger partial charge < -0.3 is 5.32 Å². The number of nitrogens with zero attached hydrogens (tertiary/aromatic N) is 1. The molecule has 0 fully saturated rings. The maximum atomic E-state index is 13.1. The SMILES string of the molecule is CCS(=O)CCNC(=O)c1cccnc1F. The molecule has 0 saturated heterocycles. The van der Waals surface area contributed by atoms with E-state index in [4.69, 9.17) is 0 Å². The fourth-order valence-electron chi connectivity index (χ4n) is 1.07. The number of carbonyl (C=O) groups is 1. The summed E-state index contributed by atoms with van der Waals surface area (Å²) in [6.45, 7) is 2.08. The zero-order valence-corrected chi connectivity index (χ0v) is 9.72. The van der Waals surface area contributed by atoms with Gasteiger partial charge in [0.2, 0.25) is 5.95 Å². The molecule has 0 aliphatic carbocycles. The van der Waals surface area contributed by atoms with Crippen LogP contribution in [0, 0.1) is 5.95 Å². The van der Waals surface area contributed by atoms with E-state index in [1.165, 1.54) is 18.3 Å². The first-order valence-corrected chi connectivity index (χ1v) is 6.37. The van der Waals surface area contributed by atoms with E-state index in [0.29, 0.717) is 11.5 Å². The summed E-state index contributed by atoms with van der Waals surface area (Å²) < 4.78 is 24.1. The molecule has 1 aromatic rings. The van der Waals surface area contributed by atoms with Gasteiger partial charge in [0.05, 0.1) is 5.56 Å². The summed E-state index contributed by atoms with van der Waals surface area (Å²) in [5, 5.41) is 2.49.